The van der Waals surface area contributed by atoms with Crippen LogP contribution in [0.3, 0.4) is 0 Å². The number of hydrogen-bond donors (Lipinski definition) is 2. The number of hydrogen-bond acceptors (Lipinski definition) is 2. The summed E-state index contributed by atoms with van der Waals surface area (Å²) in [6.45, 7) is 2.01. The average Bonchev–Trinajstić information content (AvgIpc) is 2.64. The maximum absolute atomic E-state index is 3.64. The van der Waals surface area contributed by atoms with E-state index in [2.05, 4.69) is 75.1 Å². The summed E-state index contributed by atoms with van der Waals surface area (Å²) < 4.78 is 1.11. The van der Waals surface area contributed by atoms with Gasteiger partial charge in [0.25, 0.3) is 0 Å². The van der Waals surface area contributed by atoms with Gasteiger partial charge in [-0.15, -0.1) is 0 Å². The van der Waals surface area contributed by atoms with Crippen LogP contribution < -0.4 is 10.6 Å². The molecule has 0 saturated carbocycles. The van der Waals surface area contributed by atoms with Crippen LogP contribution in [0.2, 0.25) is 0 Å². The van der Waals surface area contributed by atoms with Crippen molar-refractivity contribution in [2.45, 2.75) is 19.0 Å². The zero-order valence-corrected chi connectivity index (χ0v) is 12.3. The van der Waals surface area contributed by atoms with Gasteiger partial charge in [-0.05, 0) is 48.4 Å². The molecule has 0 fully saturated rings. The topological polar surface area (TPSA) is 24.1 Å². The second kappa shape index (κ2) is 5.76. The van der Waals surface area contributed by atoms with Crippen molar-refractivity contribution in [1.82, 2.24) is 5.32 Å². The highest BCUT2D eigenvalue weighted by atomic mass is 79.9. The van der Waals surface area contributed by atoms with Gasteiger partial charge in [-0.1, -0.05) is 40.2 Å². The maximum atomic E-state index is 3.64. The molecule has 0 aromatic heterocycles. The molecule has 0 radical (unpaired) electrons. The number of rotatable bonds is 2. The molecule has 98 valence electrons. The van der Waals surface area contributed by atoms with Gasteiger partial charge >= 0.3 is 0 Å². The van der Waals surface area contributed by atoms with Gasteiger partial charge < -0.3 is 10.6 Å². The molecular weight excluding hydrogens is 300 g/mol. The molecule has 2 aromatic rings. The highest BCUT2D eigenvalue weighted by molar-refractivity contribution is 9.10. The van der Waals surface area contributed by atoms with Crippen LogP contribution in [0.4, 0.5) is 5.69 Å². The summed E-state index contributed by atoms with van der Waals surface area (Å²) in [4.78, 5) is 0. The summed E-state index contributed by atoms with van der Waals surface area (Å²) in [5, 5.41) is 7.12. The van der Waals surface area contributed by atoms with Crippen LogP contribution in [0, 0.1) is 0 Å². The van der Waals surface area contributed by atoms with Gasteiger partial charge in [0, 0.05) is 16.7 Å². The lowest BCUT2D eigenvalue weighted by Gasteiger charge is -2.20. The molecule has 2 N–H and O–H groups in total. The molecular formula is C16H17BrN2. The first-order chi connectivity index (χ1) is 9.33. The molecule has 1 heterocycles. The number of nitrogens with one attached hydrogen (secondary N) is 2. The molecule has 0 aliphatic carbocycles. The minimum Gasteiger partial charge on any atom is -0.378 e. The van der Waals surface area contributed by atoms with E-state index in [-0.39, 0.29) is 0 Å². The zero-order chi connectivity index (χ0) is 13.1. The highest BCUT2D eigenvalue weighted by Crippen LogP contribution is 2.27. The lowest BCUT2D eigenvalue weighted by Crippen LogP contribution is -2.15. The standard InChI is InChI=1S/C16H17BrN2/c17-13-5-7-14(8-6-13)19-16-9-10-18-11-12-3-1-2-4-15(12)16/h1-8,16,18-19H,9-11H2. The number of benzene rings is 2. The number of halogens is 1. The lowest BCUT2D eigenvalue weighted by molar-refractivity contribution is 0.637. The summed E-state index contributed by atoms with van der Waals surface area (Å²) in [6.07, 6.45) is 1.10. The monoisotopic (exact) mass is 316 g/mol. The van der Waals surface area contributed by atoms with E-state index in [0.717, 1.165) is 24.0 Å². The van der Waals surface area contributed by atoms with Crippen LogP contribution >= 0.6 is 15.9 Å². The zero-order valence-electron chi connectivity index (χ0n) is 10.7. The van der Waals surface area contributed by atoms with Gasteiger partial charge in [-0.2, -0.15) is 0 Å². The van der Waals surface area contributed by atoms with Crippen LogP contribution in [0.1, 0.15) is 23.6 Å². The molecule has 1 aliphatic rings. The second-order valence-corrected chi connectivity index (χ2v) is 5.78. The van der Waals surface area contributed by atoms with Crippen LogP contribution in [-0.4, -0.2) is 6.54 Å². The smallest absolute Gasteiger partial charge is 0.0529 e. The fourth-order valence-corrected chi connectivity index (χ4v) is 2.82. The van der Waals surface area contributed by atoms with Crippen molar-refractivity contribution in [1.29, 1.82) is 0 Å². The molecule has 0 spiro atoms. The van der Waals surface area contributed by atoms with E-state index < -0.39 is 0 Å². The predicted molar refractivity (Wildman–Crippen MR) is 83.3 cm³/mol. The van der Waals surface area contributed by atoms with E-state index in [4.69, 9.17) is 0 Å². The fourth-order valence-electron chi connectivity index (χ4n) is 2.56. The minimum atomic E-state index is 0.382. The van der Waals surface area contributed by atoms with Gasteiger partial charge in [0.1, 0.15) is 0 Å². The minimum absolute atomic E-state index is 0.382. The molecule has 2 nitrogen and oxygen atoms in total. The predicted octanol–water partition coefficient (Wildman–Crippen LogP) is 4.10. The summed E-state index contributed by atoms with van der Waals surface area (Å²) in [7, 11) is 0. The van der Waals surface area contributed by atoms with Gasteiger partial charge in [-0.3, -0.25) is 0 Å². The van der Waals surface area contributed by atoms with Gasteiger partial charge in [-0.25, -0.2) is 0 Å². The van der Waals surface area contributed by atoms with E-state index in [1.54, 1.807) is 0 Å². The van der Waals surface area contributed by atoms with Gasteiger partial charge in [0.05, 0.1) is 6.04 Å². The first kappa shape index (κ1) is 12.7. The van der Waals surface area contributed by atoms with Gasteiger partial charge in [0.2, 0.25) is 0 Å². The third-order valence-electron chi connectivity index (χ3n) is 3.54. The summed E-state index contributed by atoms with van der Waals surface area (Å²) in [6, 6.07) is 17.4. The van der Waals surface area contributed by atoms with Crippen molar-refractivity contribution in [3.63, 3.8) is 0 Å². The normalized spacial score (nSPS) is 18.5. The van der Waals surface area contributed by atoms with Crippen LogP contribution in [0.15, 0.2) is 53.0 Å². The SMILES string of the molecule is Brc1ccc(NC2CCNCc3ccccc32)cc1. The summed E-state index contributed by atoms with van der Waals surface area (Å²) in [5.41, 5.74) is 3.98. The molecule has 1 atom stereocenters. The quantitative estimate of drug-likeness (QED) is 0.871. The fraction of sp³-hybridized carbons (Fsp3) is 0.250. The summed E-state index contributed by atoms with van der Waals surface area (Å²) in [5.74, 6) is 0. The maximum Gasteiger partial charge on any atom is 0.0529 e. The number of fused-ring (bicyclic) bond motifs is 1. The first-order valence-corrected chi connectivity index (χ1v) is 7.43. The third-order valence-corrected chi connectivity index (χ3v) is 4.07. The Morgan fingerprint density at radius 2 is 1.84 bits per heavy atom. The third kappa shape index (κ3) is 2.99. The van der Waals surface area contributed by atoms with E-state index in [9.17, 15) is 0 Å². The molecule has 3 rings (SSSR count). The molecule has 3 heteroatoms. The molecule has 0 bridgehead atoms. The van der Waals surface area contributed by atoms with Gasteiger partial charge in [0.15, 0.2) is 0 Å². The molecule has 2 aromatic carbocycles. The Balaban J connectivity index is 1.86. The van der Waals surface area contributed by atoms with Crippen molar-refractivity contribution >= 4 is 21.6 Å². The Hall–Kier alpha value is -1.32. The van der Waals surface area contributed by atoms with Crippen LogP contribution in [0.25, 0.3) is 0 Å². The second-order valence-electron chi connectivity index (χ2n) is 4.87. The Labute approximate surface area is 122 Å². The lowest BCUT2D eigenvalue weighted by atomic mass is 9.99. The molecule has 1 aliphatic heterocycles. The first-order valence-electron chi connectivity index (χ1n) is 6.63. The van der Waals surface area contributed by atoms with E-state index in [0.29, 0.717) is 6.04 Å². The van der Waals surface area contributed by atoms with Crippen LogP contribution in [0.5, 0.6) is 0 Å². The Morgan fingerprint density at radius 1 is 1.05 bits per heavy atom. The van der Waals surface area contributed by atoms with E-state index in [1.807, 2.05) is 0 Å². The Bertz CT molecular complexity index is 551. The van der Waals surface area contributed by atoms with Crippen molar-refractivity contribution in [2.75, 3.05) is 11.9 Å². The average molecular weight is 317 g/mol. The number of anilines is 1. The summed E-state index contributed by atoms with van der Waals surface area (Å²) >= 11 is 3.47. The molecule has 0 saturated heterocycles. The van der Waals surface area contributed by atoms with Crippen molar-refractivity contribution < 1.29 is 0 Å². The molecule has 0 amide bonds. The Morgan fingerprint density at radius 3 is 2.68 bits per heavy atom. The van der Waals surface area contributed by atoms with E-state index >= 15 is 0 Å². The van der Waals surface area contributed by atoms with Crippen molar-refractivity contribution in [3.05, 3.63) is 64.1 Å². The Kier molecular flexibility index (Phi) is 3.85. The van der Waals surface area contributed by atoms with Crippen LogP contribution in [-0.2, 0) is 6.54 Å². The molecule has 1 unspecified atom stereocenters. The van der Waals surface area contributed by atoms with Crippen molar-refractivity contribution in [2.24, 2.45) is 0 Å². The van der Waals surface area contributed by atoms with E-state index in [1.165, 1.54) is 16.8 Å². The van der Waals surface area contributed by atoms with Crippen molar-refractivity contribution in [3.8, 4) is 0 Å². The largest absolute Gasteiger partial charge is 0.378 e. The highest BCUT2D eigenvalue weighted by Gasteiger charge is 2.17. The molecule has 19 heavy (non-hydrogen) atoms.